The number of hydrogen-bond donors (Lipinski definition) is 2. The molecule has 6 heteroatoms. The Balaban J connectivity index is 0.00000200. The third kappa shape index (κ3) is 4.26. The molecule has 1 aliphatic carbocycles. The van der Waals surface area contributed by atoms with Crippen LogP contribution in [0.4, 0.5) is 0 Å². The Bertz CT molecular complexity index is 468. The van der Waals surface area contributed by atoms with E-state index in [1.54, 1.807) is 18.2 Å². The van der Waals surface area contributed by atoms with Crippen molar-refractivity contribution >= 4 is 41.5 Å². The number of amides is 1. The standard InChI is InChI=1S/C14H18Cl2N2O.ClH/c15-11-6-5-9(7-12(11)16)14(19)18-13-4-2-1-3-10(13)8-17;/h5-7,10,13H,1-4,8,17H2,(H,18,19);1H. The lowest BCUT2D eigenvalue weighted by molar-refractivity contribution is 0.0908. The molecule has 0 aliphatic heterocycles. The molecule has 2 unspecified atom stereocenters. The number of hydrogen-bond acceptors (Lipinski definition) is 2. The third-order valence-corrected chi connectivity index (χ3v) is 4.45. The van der Waals surface area contributed by atoms with E-state index >= 15 is 0 Å². The highest BCUT2D eigenvalue weighted by molar-refractivity contribution is 6.42. The summed E-state index contributed by atoms with van der Waals surface area (Å²) in [6.07, 6.45) is 4.42. The maximum absolute atomic E-state index is 12.2. The number of rotatable bonds is 3. The van der Waals surface area contributed by atoms with Crippen LogP contribution in [0.15, 0.2) is 18.2 Å². The van der Waals surface area contributed by atoms with Gasteiger partial charge in [0.2, 0.25) is 0 Å². The van der Waals surface area contributed by atoms with Gasteiger partial charge in [0.1, 0.15) is 0 Å². The minimum Gasteiger partial charge on any atom is -0.349 e. The van der Waals surface area contributed by atoms with Crippen molar-refractivity contribution in [2.45, 2.75) is 31.7 Å². The summed E-state index contributed by atoms with van der Waals surface area (Å²) in [6, 6.07) is 5.09. The average molecular weight is 338 g/mol. The second-order valence-electron chi connectivity index (χ2n) is 4.99. The van der Waals surface area contributed by atoms with Gasteiger partial charge in [0, 0.05) is 11.6 Å². The van der Waals surface area contributed by atoms with Crippen molar-refractivity contribution in [1.29, 1.82) is 0 Å². The molecule has 0 radical (unpaired) electrons. The number of nitrogens with two attached hydrogens (primary N) is 1. The molecule has 0 bridgehead atoms. The van der Waals surface area contributed by atoms with Gasteiger partial charge >= 0.3 is 0 Å². The predicted molar refractivity (Wildman–Crippen MR) is 86.0 cm³/mol. The Morgan fingerprint density at radius 1 is 1.25 bits per heavy atom. The van der Waals surface area contributed by atoms with Gasteiger partial charge in [-0.2, -0.15) is 0 Å². The van der Waals surface area contributed by atoms with Crippen molar-refractivity contribution in [3.05, 3.63) is 33.8 Å². The normalized spacial score (nSPS) is 21.9. The molecule has 1 saturated carbocycles. The molecule has 0 spiro atoms. The van der Waals surface area contributed by atoms with E-state index in [4.69, 9.17) is 28.9 Å². The third-order valence-electron chi connectivity index (χ3n) is 3.71. The Morgan fingerprint density at radius 2 is 1.95 bits per heavy atom. The van der Waals surface area contributed by atoms with Gasteiger partial charge in [-0.25, -0.2) is 0 Å². The first-order valence-electron chi connectivity index (χ1n) is 6.58. The number of nitrogens with one attached hydrogen (secondary N) is 1. The molecule has 3 nitrogen and oxygen atoms in total. The van der Waals surface area contributed by atoms with Crippen molar-refractivity contribution in [1.82, 2.24) is 5.32 Å². The second-order valence-corrected chi connectivity index (χ2v) is 5.80. The van der Waals surface area contributed by atoms with Gasteiger partial charge in [0.15, 0.2) is 0 Å². The second kappa shape index (κ2) is 8.08. The molecule has 1 amide bonds. The lowest BCUT2D eigenvalue weighted by Crippen LogP contribution is -2.44. The smallest absolute Gasteiger partial charge is 0.251 e. The van der Waals surface area contributed by atoms with Gasteiger partial charge < -0.3 is 11.1 Å². The predicted octanol–water partition coefficient (Wildman–Crippen LogP) is 3.66. The largest absolute Gasteiger partial charge is 0.349 e. The fraction of sp³-hybridized carbons (Fsp3) is 0.500. The topological polar surface area (TPSA) is 55.1 Å². The van der Waals surface area contributed by atoms with Gasteiger partial charge in [-0.05, 0) is 43.5 Å². The fourth-order valence-electron chi connectivity index (χ4n) is 2.57. The van der Waals surface area contributed by atoms with E-state index in [9.17, 15) is 4.79 Å². The van der Waals surface area contributed by atoms with Crippen LogP contribution in [0.3, 0.4) is 0 Å². The highest BCUT2D eigenvalue weighted by atomic mass is 35.5. The first-order chi connectivity index (χ1) is 9.11. The Kier molecular flexibility index (Phi) is 7.10. The number of halogens is 3. The van der Waals surface area contributed by atoms with Crippen molar-refractivity contribution in [3.63, 3.8) is 0 Å². The first-order valence-corrected chi connectivity index (χ1v) is 7.33. The lowest BCUT2D eigenvalue weighted by atomic mass is 9.84. The van der Waals surface area contributed by atoms with Crippen LogP contribution in [0.1, 0.15) is 36.0 Å². The molecule has 112 valence electrons. The molecule has 0 aromatic heterocycles. The van der Waals surface area contributed by atoms with Crippen LogP contribution in [-0.4, -0.2) is 18.5 Å². The van der Waals surface area contributed by atoms with Crippen LogP contribution in [0, 0.1) is 5.92 Å². The Hall–Kier alpha value is -0.480. The van der Waals surface area contributed by atoms with Gasteiger partial charge in [-0.15, -0.1) is 12.4 Å². The maximum Gasteiger partial charge on any atom is 0.251 e. The average Bonchev–Trinajstić information content (AvgIpc) is 2.42. The zero-order chi connectivity index (χ0) is 13.8. The molecule has 2 atom stereocenters. The number of carbonyl (C=O) groups is 1. The summed E-state index contributed by atoms with van der Waals surface area (Å²) in [6.45, 7) is 0.617. The highest BCUT2D eigenvalue weighted by Gasteiger charge is 2.25. The lowest BCUT2D eigenvalue weighted by Gasteiger charge is -2.31. The molecule has 2 rings (SSSR count). The minimum atomic E-state index is -0.107. The van der Waals surface area contributed by atoms with Crippen molar-refractivity contribution < 1.29 is 4.79 Å². The fourth-order valence-corrected chi connectivity index (χ4v) is 2.87. The molecule has 0 saturated heterocycles. The summed E-state index contributed by atoms with van der Waals surface area (Å²) in [7, 11) is 0. The van der Waals surface area contributed by atoms with E-state index in [2.05, 4.69) is 5.32 Å². The van der Waals surface area contributed by atoms with E-state index < -0.39 is 0 Å². The Morgan fingerprint density at radius 3 is 2.60 bits per heavy atom. The molecule has 1 fully saturated rings. The summed E-state index contributed by atoms with van der Waals surface area (Å²) in [4.78, 5) is 12.2. The molecular formula is C14H19Cl3N2O. The van der Waals surface area contributed by atoms with Crippen LogP contribution in [0.25, 0.3) is 0 Å². The monoisotopic (exact) mass is 336 g/mol. The van der Waals surface area contributed by atoms with Crippen molar-refractivity contribution in [3.8, 4) is 0 Å². The van der Waals surface area contributed by atoms with Crippen LogP contribution >= 0.6 is 35.6 Å². The van der Waals surface area contributed by atoms with E-state index in [1.807, 2.05) is 0 Å². The minimum absolute atomic E-state index is 0. The van der Waals surface area contributed by atoms with Crippen molar-refractivity contribution in [2.24, 2.45) is 11.7 Å². The number of carbonyl (C=O) groups excluding carboxylic acids is 1. The Labute approximate surface area is 135 Å². The van der Waals surface area contributed by atoms with Gasteiger partial charge in [-0.1, -0.05) is 36.0 Å². The summed E-state index contributed by atoms with van der Waals surface area (Å²) in [5.41, 5.74) is 6.30. The SMILES string of the molecule is Cl.NCC1CCCCC1NC(=O)c1ccc(Cl)c(Cl)c1. The molecule has 1 aromatic carbocycles. The molecular weight excluding hydrogens is 319 g/mol. The zero-order valence-corrected chi connectivity index (χ0v) is 13.4. The highest BCUT2D eigenvalue weighted by Crippen LogP contribution is 2.25. The van der Waals surface area contributed by atoms with Gasteiger partial charge in [-0.3, -0.25) is 4.79 Å². The van der Waals surface area contributed by atoms with Crippen LogP contribution in [0.2, 0.25) is 10.0 Å². The molecule has 20 heavy (non-hydrogen) atoms. The summed E-state index contributed by atoms with van der Waals surface area (Å²) in [5.74, 6) is 0.268. The summed E-state index contributed by atoms with van der Waals surface area (Å²) < 4.78 is 0. The van der Waals surface area contributed by atoms with Crippen LogP contribution < -0.4 is 11.1 Å². The number of benzene rings is 1. The summed E-state index contributed by atoms with van der Waals surface area (Å²) >= 11 is 11.8. The van der Waals surface area contributed by atoms with E-state index in [0.29, 0.717) is 28.1 Å². The van der Waals surface area contributed by atoms with Crippen LogP contribution in [0.5, 0.6) is 0 Å². The first kappa shape index (κ1) is 17.6. The van der Waals surface area contributed by atoms with E-state index in [1.165, 1.54) is 6.42 Å². The molecule has 1 aliphatic rings. The zero-order valence-electron chi connectivity index (χ0n) is 11.1. The van der Waals surface area contributed by atoms with E-state index in [0.717, 1.165) is 19.3 Å². The van der Waals surface area contributed by atoms with Crippen LogP contribution in [-0.2, 0) is 0 Å². The van der Waals surface area contributed by atoms with Gasteiger partial charge in [0.05, 0.1) is 10.0 Å². The molecule has 3 N–H and O–H groups in total. The molecule has 1 aromatic rings. The van der Waals surface area contributed by atoms with Gasteiger partial charge in [0.25, 0.3) is 5.91 Å². The van der Waals surface area contributed by atoms with Crippen molar-refractivity contribution in [2.75, 3.05) is 6.54 Å². The quantitative estimate of drug-likeness (QED) is 0.884. The molecule has 0 heterocycles. The maximum atomic E-state index is 12.2. The summed E-state index contributed by atoms with van der Waals surface area (Å²) in [5, 5.41) is 3.91. The van der Waals surface area contributed by atoms with E-state index in [-0.39, 0.29) is 24.4 Å².